The molecule has 3 fully saturated rings. The average molecular weight is 486 g/mol. The molecule has 0 bridgehead atoms. The number of aliphatic hydroxyl groups excluding tert-OH is 4. The van der Waals surface area contributed by atoms with Gasteiger partial charge in [0, 0.05) is 0 Å². The van der Waals surface area contributed by atoms with E-state index in [9.17, 15) is 35.4 Å². The van der Waals surface area contributed by atoms with Gasteiger partial charge in [-0.15, -0.1) is 0 Å². The number of hydrogen-bond donors (Lipinski definition) is 5. The standard InChI is InChI=1S/C24H32O9.Na/c1-24-7-6-13-12-5-3-11(25)8-10(12)2-4-14(13)15(24)9-16(21(24)29)32-23-19(28)17(26)18(27)20(33-23)22(30)31;/h3,5,8,13-21,23,25-29H,2,4,6-7,9H2,1H3,(H,30,31);/q;+1/p-1/t13-,14-,15+,16-,17-,18-,19+,20-,21+,23+,24+;/m1./s1. The molecule has 0 radical (unpaired) electrons. The van der Waals surface area contributed by atoms with Crippen molar-refractivity contribution in [3.05, 3.63) is 29.3 Å². The number of fused-ring (bicyclic) bond motifs is 5. The molecule has 5 N–H and O–H groups in total. The minimum atomic E-state index is -1.85. The van der Waals surface area contributed by atoms with Gasteiger partial charge in [-0.25, -0.2) is 0 Å². The van der Waals surface area contributed by atoms with Gasteiger partial charge in [0.15, 0.2) is 6.29 Å². The van der Waals surface area contributed by atoms with Crippen LogP contribution in [0, 0.1) is 17.3 Å². The molecule has 9 nitrogen and oxygen atoms in total. The Balaban J connectivity index is 0.00000274. The number of carboxylic acids is 1. The molecule has 1 aromatic rings. The molecule has 182 valence electrons. The van der Waals surface area contributed by atoms with Crippen LogP contribution in [0.25, 0.3) is 0 Å². The van der Waals surface area contributed by atoms with Crippen LogP contribution in [-0.4, -0.2) is 74.4 Å². The zero-order chi connectivity index (χ0) is 23.7. The Bertz CT molecular complexity index is 928. The molecule has 5 rings (SSSR count). The fourth-order valence-corrected chi connectivity index (χ4v) is 6.99. The van der Waals surface area contributed by atoms with Crippen LogP contribution >= 0.6 is 0 Å². The SMILES string of the molecule is C[C@]12CC[C@@H]3c4ccc(O)cc4CC[C@H]3[C@@H]1C[C@@H](O[C@H]1O[C@@H](C(=O)[O-])[C@H](O)[C@@H](O)[C@@H]1O)[C@@H]2O.[Na+]. The number of ether oxygens (including phenoxy) is 2. The van der Waals surface area contributed by atoms with E-state index >= 15 is 0 Å². The largest absolute Gasteiger partial charge is 1.00 e. The van der Waals surface area contributed by atoms with E-state index in [0.29, 0.717) is 18.3 Å². The Morgan fingerprint density at radius 1 is 1.15 bits per heavy atom. The van der Waals surface area contributed by atoms with Crippen LogP contribution in [0.15, 0.2) is 18.2 Å². The van der Waals surface area contributed by atoms with E-state index in [4.69, 9.17) is 9.47 Å². The second-order valence-corrected chi connectivity index (χ2v) is 10.4. The summed E-state index contributed by atoms with van der Waals surface area (Å²) < 4.78 is 11.1. The number of aromatic hydroxyl groups is 1. The van der Waals surface area contributed by atoms with Gasteiger partial charge in [-0.3, -0.25) is 0 Å². The fraction of sp³-hybridized carbons (Fsp3) is 0.708. The topological polar surface area (TPSA) is 160 Å². The van der Waals surface area contributed by atoms with E-state index in [1.54, 1.807) is 6.07 Å². The molecule has 4 aliphatic rings. The molecule has 34 heavy (non-hydrogen) atoms. The molecule has 1 aliphatic heterocycles. The first-order chi connectivity index (χ1) is 15.6. The Hall–Kier alpha value is -0.750. The van der Waals surface area contributed by atoms with E-state index in [0.717, 1.165) is 25.7 Å². The van der Waals surface area contributed by atoms with Crippen LogP contribution < -0.4 is 34.7 Å². The van der Waals surface area contributed by atoms with Crippen molar-refractivity contribution in [1.29, 1.82) is 0 Å². The van der Waals surface area contributed by atoms with Crippen molar-refractivity contribution < 1.29 is 74.5 Å². The van der Waals surface area contributed by atoms with E-state index in [2.05, 4.69) is 6.92 Å². The number of aryl methyl sites for hydroxylation is 1. The first-order valence-electron chi connectivity index (χ1n) is 11.7. The van der Waals surface area contributed by atoms with Crippen LogP contribution in [0.5, 0.6) is 5.75 Å². The number of aliphatic hydroxyl groups is 4. The summed E-state index contributed by atoms with van der Waals surface area (Å²) in [7, 11) is 0. The summed E-state index contributed by atoms with van der Waals surface area (Å²) >= 11 is 0. The average Bonchev–Trinajstić information content (AvgIpc) is 3.03. The third-order valence-corrected chi connectivity index (χ3v) is 8.77. The van der Waals surface area contributed by atoms with Crippen molar-refractivity contribution in [3.8, 4) is 5.75 Å². The summed E-state index contributed by atoms with van der Waals surface area (Å²) in [6.07, 6.45) is -6.26. The number of phenols is 1. The molecule has 10 heteroatoms. The first-order valence-corrected chi connectivity index (χ1v) is 11.7. The molecule has 0 spiro atoms. The van der Waals surface area contributed by atoms with Crippen LogP contribution in [0.4, 0.5) is 0 Å². The number of rotatable bonds is 3. The van der Waals surface area contributed by atoms with Gasteiger partial charge in [0.2, 0.25) is 0 Å². The van der Waals surface area contributed by atoms with Crippen molar-refractivity contribution in [2.75, 3.05) is 0 Å². The van der Waals surface area contributed by atoms with E-state index in [1.165, 1.54) is 11.1 Å². The smallest absolute Gasteiger partial charge is 0.547 e. The Morgan fingerprint density at radius 2 is 1.88 bits per heavy atom. The third kappa shape index (κ3) is 4.13. The minimum absolute atomic E-state index is 0. The van der Waals surface area contributed by atoms with Crippen LogP contribution in [0.2, 0.25) is 0 Å². The molecule has 3 aliphatic carbocycles. The van der Waals surface area contributed by atoms with Crippen molar-refractivity contribution in [3.63, 3.8) is 0 Å². The summed E-state index contributed by atoms with van der Waals surface area (Å²) in [4.78, 5) is 11.3. The molecule has 2 saturated carbocycles. The number of phenolic OH excluding ortho intramolecular Hbond substituents is 1. The monoisotopic (exact) mass is 486 g/mol. The van der Waals surface area contributed by atoms with Gasteiger partial charge in [-0.1, -0.05) is 13.0 Å². The Labute approximate surface area is 220 Å². The maximum atomic E-state index is 11.3. The van der Waals surface area contributed by atoms with E-state index < -0.39 is 54.3 Å². The molecule has 1 aromatic carbocycles. The predicted molar refractivity (Wildman–Crippen MR) is 111 cm³/mol. The van der Waals surface area contributed by atoms with Crippen molar-refractivity contribution >= 4 is 5.97 Å². The second kappa shape index (κ2) is 9.61. The Morgan fingerprint density at radius 3 is 2.59 bits per heavy atom. The normalized spacial score (nSPS) is 45.4. The molecule has 11 atom stereocenters. The molecule has 0 amide bonds. The number of carbonyl (C=O) groups excluding carboxylic acids is 1. The van der Waals surface area contributed by atoms with Gasteiger partial charge < -0.3 is 44.9 Å². The molecular formula is C24H31NaO9. The van der Waals surface area contributed by atoms with Gasteiger partial charge in [-0.2, -0.15) is 0 Å². The van der Waals surface area contributed by atoms with Crippen LogP contribution in [0.3, 0.4) is 0 Å². The quantitative estimate of drug-likeness (QED) is 0.270. The number of carbonyl (C=O) groups is 1. The van der Waals surface area contributed by atoms with Crippen molar-refractivity contribution in [2.45, 2.75) is 87.9 Å². The summed E-state index contributed by atoms with van der Waals surface area (Å²) in [5.41, 5.74) is 2.02. The minimum Gasteiger partial charge on any atom is -0.547 e. The molecule has 1 heterocycles. The van der Waals surface area contributed by atoms with Gasteiger partial charge >= 0.3 is 29.6 Å². The summed E-state index contributed by atoms with van der Waals surface area (Å²) in [6, 6.07) is 5.56. The van der Waals surface area contributed by atoms with Crippen LogP contribution in [0.1, 0.15) is 49.7 Å². The maximum absolute atomic E-state index is 11.3. The van der Waals surface area contributed by atoms with E-state index in [1.807, 2.05) is 12.1 Å². The zero-order valence-electron chi connectivity index (χ0n) is 19.4. The van der Waals surface area contributed by atoms with Gasteiger partial charge in [0.05, 0.1) is 18.2 Å². The van der Waals surface area contributed by atoms with Gasteiger partial charge in [0.25, 0.3) is 0 Å². The summed E-state index contributed by atoms with van der Waals surface area (Å²) in [5, 5.41) is 62.6. The number of hydrogen-bond acceptors (Lipinski definition) is 9. The predicted octanol–water partition coefficient (Wildman–Crippen LogP) is -3.83. The van der Waals surface area contributed by atoms with E-state index in [-0.39, 0.29) is 41.2 Å². The molecular weight excluding hydrogens is 455 g/mol. The molecule has 1 saturated heterocycles. The third-order valence-electron chi connectivity index (χ3n) is 8.77. The zero-order valence-corrected chi connectivity index (χ0v) is 21.4. The molecule has 0 unspecified atom stereocenters. The molecule has 0 aromatic heterocycles. The van der Waals surface area contributed by atoms with Crippen LogP contribution in [-0.2, 0) is 20.7 Å². The summed E-state index contributed by atoms with van der Waals surface area (Å²) in [6.45, 7) is 2.05. The second-order valence-electron chi connectivity index (χ2n) is 10.4. The number of carboxylic acid groups (broad SMARTS) is 1. The number of aliphatic carboxylic acids is 1. The Kier molecular flexibility index (Phi) is 7.44. The van der Waals surface area contributed by atoms with Crippen molar-refractivity contribution in [2.24, 2.45) is 17.3 Å². The van der Waals surface area contributed by atoms with Crippen molar-refractivity contribution in [1.82, 2.24) is 0 Å². The summed E-state index contributed by atoms with van der Waals surface area (Å²) in [5.74, 6) is -0.652. The fourth-order valence-electron chi connectivity index (χ4n) is 6.99. The van der Waals surface area contributed by atoms with Gasteiger partial charge in [0.1, 0.15) is 30.2 Å². The first kappa shape index (κ1) is 26.3. The van der Waals surface area contributed by atoms with Gasteiger partial charge in [-0.05, 0) is 78.5 Å². The number of benzene rings is 1. The maximum Gasteiger partial charge on any atom is 1.00 e.